The van der Waals surface area contributed by atoms with Crippen LogP contribution >= 0.6 is 11.8 Å². The van der Waals surface area contributed by atoms with Crippen LogP contribution in [0, 0.1) is 5.82 Å². The van der Waals surface area contributed by atoms with Gasteiger partial charge in [0.15, 0.2) is 5.16 Å². The maximum absolute atomic E-state index is 13.0. The van der Waals surface area contributed by atoms with Crippen LogP contribution in [0.5, 0.6) is 0 Å². The van der Waals surface area contributed by atoms with E-state index in [1.54, 1.807) is 12.1 Å². The zero-order chi connectivity index (χ0) is 18.6. The van der Waals surface area contributed by atoms with Gasteiger partial charge in [0.05, 0.1) is 5.75 Å². The second-order valence-electron chi connectivity index (χ2n) is 6.22. The number of thioether (sulfide) groups is 1. The van der Waals surface area contributed by atoms with Crippen molar-refractivity contribution in [2.75, 3.05) is 11.1 Å². The minimum atomic E-state index is -0.305. The number of fused-ring (bicyclic) bond motifs is 1. The Morgan fingerprint density at radius 3 is 2.78 bits per heavy atom. The van der Waals surface area contributed by atoms with E-state index in [0.717, 1.165) is 36.8 Å². The SMILES string of the molecule is Nc1nc(CSc2nnc3n2CCCCC3)nc(Nc2ccc(F)cc2)n1. The molecule has 1 aromatic carbocycles. The van der Waals surface area contributed by atoms with Gasteiger partial charge in [0.1, 0.15) is 17.5 Å². The van der Waals surface area contributed by atoms with Crippen molar-refractivity contribution in [3.63, 3.8) is 0 Å². The van der Waals surface area contributed by atoms with Gasteiger partial charge in [-0.3, -0.25) is 0 Å². The number of halogens is 1. The summed E-state index contributed by atoms with van der Waals surface area (Å²) in [4.78, 5) is 12.7. The number of hydrogen-bond donors (Lipinski definition) is 2. The van der Waals surface area contributed by atoms with Gasteiger partial charge in [-0.25, -0.2) is 4.39 Å². The van der Waals surface area contributed by atoms with Crippen LogP contribution in [0.15, 0.2) is 29.4 Å². The smallest absolute Gasteiger partial charge is 0.232 e. The van der Waals surface area contributed by atoms with Gasteiger partial charge in [0.2, 0.25) is 11.9 Å². The average Bonchev–Trinajstić information content (AvgIpc) is 2.88. The number of nitrogens with zero attached hydrogens (tertiary/aromatic N) is 6. The summed E-state index contributed by atoms with van der Waals surface area (Å²) in [6.45, 7) is 0.946. The predicted molar refractivity (Wildman–Crippen MR) is 101 cm³/mol. The van der Waals surface area contributed by atoms with Gasteiger partial charge in [-0.2, -0.15) is 15.0 Å². The fraction of sp³-hybridized carbons (Fsp3) is 0.353. The summed E-state index contributed by atoms with van der Waals surface area (Å²) in [6.07, 6.45) is 4.49. The van der Waals surface area contributed by atoms with Gasteiger partial charge < -0.3 is 15.6 Å². The Hall–Kier alpha value is -2.75. The molecule has 0 radical (unpaired) electrons. The molecule has 1 aliphatic rings. The molecule has 0 bridgehead atoms. The van der Waals surface area contributed by atoms with E-state index in [1.165, 1.54) is 30.3 Å². The molecule has 0 spiro atoms. The first kappa shape index (κ1) is 17.7. The van der Waals surface area contributed by atoms with Gasteiger partial charge >= 0.3 is 0 Å². The quantitative estimate of drug-likeness (QED) is 0.645. The Kier molecular flexibility index (Phi) is 5.14. The third-order valence-electron chi connectivity index (χ3n) is 4.21. The highest BCUT2D eigenvalue weighted by Gasteiger charge is 2.16. The molecule has 0 aliphatic carbocycles. The molecule has 3 N–H and O–H groups in total. The zero-order valence-corrected chi connectivity index (χ0v) is 15.4. The maximum atomic E-state index is 13.0. The van der Waals surface area contributed by atoms with E-state index in [-0.39, 0.29) is 11.8 Å². The largest absolute Gasteiger partial charge is 0.368 e. The van der Waals surface area contributed by atoms with E-state index in [0.29, 0.717) is 23.2 Å². The normalized spacial score (nSPS) is 13.8. The summed E-state index contributed by atoms with van der Waals surface area (Å²) in [6, 6.07) is 5.94. The molecule has 0 saturated heterocycles. The molecule has 0 unspecified atom stereocenters. The number of aromatic nitrogens is 6. The van der Waals surface area contributed by atoms with Gasteiger partial charge in [-0.05, 0) is 37.1 Å². The lowest BCUT2D eigenvalue weighted by Gasteiger charge is -2.08. The average molecular weight is 386 g/mol. The minimum Gasteiger partial charge on any atom is -0.368 e. The number of benzene rings is 1. The summed E-state index contributed by atoms with van der Waals surface area (Å²) in [5, 5.41) is 12.5. The summed E-state index contributed by atoms with van der Waals surface area (Å²) >= 11 is 1.53. The second-order valence-corrected chi connectivity index (χ2v) is 7.16. The van der Waals surface area contributed by atoms with E-state index in [1.807, 2.05) is 0 Å². The summed E-state index contributed by atoms with van der Waals surface area (Å²) in [5.41, 5.74) is 6.48. The summed E-state index contributed by atoms with van der Waals surface area (Å²) in [5.74, 6) is 2.24. The molecular formula is C17H19FN8S. The lowest BCUT2D eigenvalue weighted by molar-refractivity contribution is 0.591. The third-order valence-corrected chi connectivity index (χ3v) is 5.17. The van der Waals surface area contributed by atoms with Crippen molar-refractivity contribution in [3.05, 3.63) is 41.7 Å². The van der Waals surface area contributed by atoms with E-state index in [4.69, 9.17) is 5.73 Å². The van der Waals surface area contributed by atoms with Gasteiger partial charge in [0, 0.05) is 18.7 Å². The Balaban J connectivity index is 1.47. The molecule has 2 aromatic heterocycles. The lowest BCUT2D eigenvalue weighted by Crippen LogP contribution is -2.07. The third kappa shape index (κ3) is 4.33. The van der Waals surface area contributed by atoms with E-state index in [9.17, 15) is 4.39 Å². The van der Waals surface area contributed by atoms with Crippen LogP contribution in [0.1, 0.15) is 30.9 Å². The molecule has 10 heteroatoms. The molecule has 140 valence electrons. The van der Waals surface area contributed by atoms with Crippen molar-refractivity contribution in [2.45, 2.75) is 43.1 Å². The number of hydrogen-bond acceptors (Lipinski definition) is 8. The molecule has 8 nitrogen and oxygen atoms in total. The molecule has 0 fully saturated rings. The highest BCUT2D eigenvalue weighted by molar-refractivity contribution is 7.98. The highest BCUT2D eigenvalue weighted by atomic mass is 32.2. The van der Waals surface area contributed by atoms with Crippen LogP contribution in [0.25, 0.3) is 0 Å². The van der Waals surface area contributed by atoms with Crippen molar-refractivity contribution in [1.82, 2.24) is 29.7 Å². The summed E-state index contributed by atoms with van der Waals surface area (Å²) in [7, 11) is 0. The van der Waals surface area contributed by atoms with Crippen molar-refractivity contribution >= 4 is 29.3 Å². The number of nitrogens with one attached hydrogen (secondary N) is 1. The Bertz CT molecular complexity index is 927. The number of anilines is 3. The molecule has 27 heavy (non-hydrogen) atoms. The first-order chi connectivity index (χ1) is 13.2. The van der Waals surface area contributed by atoms with Gasteiger partial charge in [-0.1, -0.05) is 18.2 Å². The predicted octanol–water partition coefficient (Wildman–Crippen LogP) is 2.95. The number of nitrogen functional groups attached to an aromatic ring is 1. The maximum Gasteiger partial charge on any atom is 0.232 e. The van der Waals surface area contributed by atoms with E-state index < -0.39 is 0 Å². The second kappa shape index (κ2) is 7.87. The molecule has 1 aliphatic heterocycles. The van der Waals surface area contributed by atoms with Crippen LogP contribution in [0.4, 0.5) is 22.0 Å². The molecule has 4 rings (SSSR count). The molecule has 3 aromatic rings. The van der Waals surface area contributed by atoms with Crippen molar-refractivity contribution < 1.29 is 4.39 Å². The topological polar surface area (TPSA) is 107 Å². The van der Waals surface area contributed by atoms with Crippen molar-refractivity contribution in [3.8, 4) is 0 Å². The van der Waals surface area contributed by atoms with Crippen LogP contribution in [0.3, 0.4) is 0 Å². The van der Waals surface area contributed by atoms with Crippen molar-refractivity contribution in [1.29, 1.82) is 0 Å². The molecule has 3 heterocycles. The first-order valence-electron chi connectivity index (χ1n) is 8.75. The molecular weight excluding hydrogens is 367 g/mol. The fourth-order valence-electron chi connectivity index (χ4n) is 2.91. The Morgan fingerprint density at radius 1 is 1.07 bits per heavy atom. The fourth-order valence-corrected chi connectivity index (χ4v) is 3.75. The van der Waals surface area contributed by atoms with Gasteiger partial charge in [0.25, 0.3) is 0 Å². The molecule has 0 amide bonds. The van der Waals surface area contributed by atoms with Crippen molar-refractivity contribution in [2.24, 2.45) is 0 Å². The Labute approximate surface area is 159 Å². The summed E-state index contributed by atoms with van der Waals surface area (Å²) < 4.78 is 15.2. The number of nitrogens with two attached hydrogens (primary N) is 1. The monoisotopic (exact) mass is 386 g/mol. The standard InChI is InChI=1S/C17H19FN8S/c18-11-5-7-12(8-6-11)20-16-22-13(21-15(19)23-16)10-27-17-25-24-14-4-2-1-3-9-26(14)17/h5-8H,1-4,9-10H2,(H3,19,20,21,22,23). The minimum absolute atomic E-state index is 0.130. The highest BCUT2D eigenvalue weighted by Crippen LogP contribution is 2.24. The molecule has 0 saturated carbocycles. The van der Waals surface area contributed by atoms with Crippen LogP contribution in [-0.4, -0.2) is 29.7 Å². The van der Waals surface area contributed by atoms with E-state index >= 15 is 0 Å². The zero-order valence-electron chi connectivity index (χ0n) is 14.6. The Morgan fingerprint density at radius 2 is 1.93 bits per heavy atom. The van der Waals surface area contributed by atoms with E-state index in [2.05, 4.69) is 35.0 Å². The van der Waals surface area contributed by atoms with Crippen LogP contribution in [-0.2, 0) is 18.7 Å². The lowest BCUT2D eigenvalue weighted by atomic mass is 10.2. The van der Waals surface area contributed by atoms with Gasteiger partial charge in [-0.15, -0.1) is 10.2 Å². The van der Waals surface area contributed by atoms with Crippen LogP contribution < -0.4 is 11.1 Å². The molecule has 0 atom stereocenters. The van der Waals surface area contributed by atoms with Crippen LogP contribution in [0.2, 0.25) is 0 Å². The first-order valence-corrected chi connectivity index (χ1v) is 9.74. The number of rotatable bonds is 5. The number of aryl methyl sites for hydroxylation is 1.